The Balaban J connectivity index is 2.37. The zero-order chi connectivity index (χ0) is 11.3. The molecule has 1 aromatic rings. The molecule has 0 spiro atoms. The molecule has 1 rings (SSSR count). The van der Waals surface area contributed by atoms with Crippen LogP contribution in [0, 0.1) is 0 Å². The van der Waals surface area contributed by atoms with Crippen LogP contribution < -0.4 is 5.32 Å². The summed E-state index contributed by atoms with van der Waals surface area (Å²) in [5.41, 5.74) is 0. The number of carbonyl (C=O) groups is 1. The van der Waals surface area contributed by atoms with Gasteiger partial charge in [-0.15, -0.1) is 0 Å². The van der Waals surface area contributed by atoms with Gasteiger partial charge >= 0.3 is 5.97 Å². The summed E-state index contributed by atoms with van der Waals surface area (Å²) in [6.45, 7) is 4.44. The Kier molecular flexibility index (Phi) is 4.23. The predicted octanol–water partition coefficient (Wildman–Crippen LogP) is -0.144. The van der Waals surface area contributed by atoms with Gasteiger partial charge in [0.15, 0.2) is 0 Å². The topological polar surface area (TPSA) is 69.0 Å². The van der Waals surface area contributed by atoms with E-state index in [2.05, 4.69) is 15.4 Å². The third-order valence-corrected chi connectivity index (χ3v) is 2.01. The number of esters is 1. The van der Waals surface area contributed by atoms with Crippen molar-refractivity contribution in [2.45, 2.75) is 26.4 Å². The maximum absolute atomic E-state index is 11.3. The van der Waals surface area contributed by atoms with Crippen molar-refractivity contribution in [2.75, 3.05) is 6.61 Å². The maximum Gasteiger partial charge on any atom is 0.322 e. The smallest absolute Gasteiger partial charge is 0.322 e. The highest BCUT2D eigenvalue weighted by molar-refractivity contribution is 5.75. The fourth-order valence-electron chi connectivity index (χ4n) is 1.08. The second kappa shape index (κ2) is 5.45. The van der Waals surface area contributed by atoms with Crippen LogP contribution in [0.25, 0.3) is 0 Å². The first-order chi connectivity index (χ1) is 7.15. The molecule has 1 N–H and O–H groups in total. The molecule has 84 valence electrons. The maximum atomic E-state index is 11.3. The third-order valence-electron chi connectivity index (χ3n) is 2.01. The Morgan fingerprint density at radius 1 is 1.73 bits per heavy atom. The van der Waals surface area contributed by atoms with E-state index in [1.807, 2.05) is 0 Å². The lowest BCUT2D eigenvalue weighted by Crippen LogP contribution is -2.35. The number of aromatic nitrogens is 3. The fraction of sp³-hybridized carbons (Fsp3) is 0.667. The third kappa shape index (κ3) is 3.32. The van der Waals surface area contributed by atoms with Crippen LogP contribution in [-0.4, -0.2) is 33.4 Å². The van der Waals surface area contributed by atoms with Gasteiger partial charge in [-0.25, -0.2) is 4.98 Å². The van der Waals surface area contributed by atoms with E-state index in [9.17, 15) is 4.79 Å². The number of aryl methyl sites for hydroxylation is 1. The monoisotopic (exact) mass is 212 g/mol. The minimum Gasteiger partial charge on any atom is -0.465 e. The number of carbonyl (C=O) groups excluding carboxylic acids is 1. The van der Waals surface area contributed by atoms with Crippen molar-refractivity contribution in [1.29, 1.82) is 0 Å². The van der Waals surface area contributed by atoms with Gasteiger partial charge < -0.3 is 4.74 Å². The Morgan fingerprint density at radius 2 is 2.47 bits per heavy atom. The van der Waals surface area contributed by atoms with Crippen LogP contribution >= 0.6 is 0 Å². The van der Waals surface area contributed by atoms with Crippen molar-refractivity contribution in [3.05, 3.63) is 12.2 Å². The Bertz CT molecular complexity index is 324. The van der Waals surface area contributed by atoms with Crippen molar-refractivity contribution in [2.24, 2.45) is 7.05 Å². The molecule has 0 saturated carbocycles. The molecule has 0 fully saturated rings. The van der Waals surface area contributed by atoms with Crippen molar-refractivity contribution in [1.82, 2.24) is 20.1 Å². The molecule has 1 atom stereocenters. The standard InChI is InChI=1S/C9H16N4O2/c1-4-15-9(14)7(2)10-5-8-11-6-12-13(8)3/h6-7,10H,4-5H2,1-3H3. The van der Waals surface area contributed by atoms with Crippen LogP contribution in [0.2, 0.25) is 0 Å². The summed E-state index contributed by atoms with van der Waals surface area (Å²) in [6, 6.07) is -0.332. The number of rotatable bonds is 5. The molecule has 0 aromatic carbocycles. The molecule has 0 aliphatic carbocycles. The van der Waals surface area contributed by atoms with E-state index in [0.717, 1.165) is 5.82 Å². The number of nitrogens with one attached hydrogen (secondary N) is 1. The quantitative estimate of drug-likeness (QED) is 0.688. The van der Waals surface area contributed by atoms with E-state index in [1.54, 1.807) is 25.6 Å². The minimum absolute atomic E-state index is 0.250. The average Bonchev–Trinajstić information content (AvgIpc) is 2.61. The second-order valence-corrected chi connectivity index (χ2v) is 3.15. The lowest BCUT2D eigenvalue weighted by Gasteiger charge is -2.11. The summed E-state index contributed by atoms with van der Waals surface area (Å²) in [6.07, 6.45) is 1.48. The molecule has 0 bridgehead atoms. The Labute approximate surface area is 88.6 Å². The summed E-state index contributed by atoms with van der Waals surface area (Å²) in [5, 5.41) is 6.94. The largest absolute Gasteiger partial charge is 0.465 e. The molecule has 15 heavy (non-hydrogen) atoms. The van der Waals surface area contributed by atoms with Crippen molar-refractivity contribution in [3.63, 3.8) is 0 Å². The zero-order valence-corrected chi connectivity index (χ0v) is 9.23. The molecule has 1 aromatic heterocycles. The summed E-state index contributed by atoms with van der Waals surface area (Å²) in [7, 11) is 1.80. The average molecular weight is 212 g/mol. The summed E-state index contributed by atoms with van der Waals surface area (Å²) in [5.74, 6) is 0.533. The zero-order valence-electron chi connectivity index (χ0n) is 9.23. The van der Waals surface area contributed by atoms with Crippen molar-refractivity contribution in [3.8, 4) is 0 Å². The molecule has 6 heteroatoms. The van der Waals surface area contributed by atoms with Gasteiger partial charge in [-0.3, -0.25) is 14.8 Å². The molecular formula is C9H16N4O2. The van der Waals surface area contributed by atoms with Gasteiger partial charge in [-0.2, -0.15) is 5.10 Å². The SMILES string of the molecule is CCOC(=O)C(C)NCc1ncnn1C. The van der Waals surface area contributed by atoms with Crippen LogP contribution in [0.15, 0.2) is 6.33 Å². The molecule has 6 nitrogen and oxygen atoms in total. The molecule has 1 heterocycles. The number of hydrogen-bond donors (Lipinski definition) is 1. The first kappa shape index (κ1) is 11.6. The van der Waals surface area contributed by atoms with Gasteiger partial charge in [0.25, 0.3) is 0 Å². The Hall–Kier alpha value is -1.43. The molecular weight excluding hydrogens is 196 g/mol. The highest BCUT2D eigenvalue weighted by atomic mass is 16.5. The van der Waals surface area contributed by atoms with Crippen LogP contribution in [0.1, 0.15) is 19.7 Å². The summed E-state index contributed by atoms with van der Waals surface area (Å²) >= 11 is 0. The lowest BCUT2D eigenvalue weighted by atomic mass is 10.3. The van der Waals surface area contributed by atoms with E-state index < -0.39 is 0 Å². The number of ether oxygens (including phenoxy) is 1. The van der Waals surface area contributed by atoms with Crippen LogP contribution in [0.5, 0.6) is 0 Å². The van der Waals surface area contributed by atoms with Gasteiger partial charge in [0.05, 0.1) is 13.2 Å². The van der Waals surface area contributed by atoms with Gasteiger partial charge in [-0.05, 0) is 13.8 Å². The normalized spacial score (nSPS) is 12.5. The first-order valence-electron chi connectivity index (χ1n) is 4.88. The highest BCUT2D eigenvalue weighted by Gasteiger charge is 2.13. The minimum atomic E-state index is -0.332. The molecule has 0 aliphatic heterocycles. The van der Waals surface area contributed by atoms with Crippen molar-refractivity contribution >= 4 is 5.97 Å². The second-order valence-electron chi connectivity index (χ2n) is 3.15. The van der Waals surface area contributed by atoms with Gasteiger partial charge in [-0.1, -0.05) is 0 Å². The van der Waals surface area contributed by atoms with Crippen LogP contribution in [0.3, 0.4) is 0 Å². The van der Waals surface area contributed by atoms with E-state index in [1.165, 1.54) is 6.33 Å². The van der Waals surface area contributed by atoms with E-state index >= 15 is 0 Å². The van der Waals surface area contributed by atoms with Gasteiger partial charge in [0.2, 0.25) is 0 Å². The molecule has 0 amide bonds. The van der Waals surface area contributed by atoms with Gasteiger partial charge in [0.1, 0.15) is 18.2 Å². The fourth-order valence-corrected chi connectivity index (χ4v) is 1.08. The summed E-state index contributed by atoms with van der Waals surface area (Å²) < 4.78 is 6.52. The molecule has 0 saturated heterocycles. The highest BCUT2D eigenvalue weighted by Crippen LogP contribution is 1.93. The van der Waals surface area contributed by atoms with Crippen molar-refractivity contribution < 1.29 is 9.53 Å². The Morgan fingerprint density at radius 3 is 3.00 bits per heavy atom. The summed E-state index contributed by atoms with van der Waals surface area (Å²) in [4.78, 5) is 15.3. The predicted molar refractivity (Wildman–Crippen MR) is 53.9 cm³/mol. The van der Waals surface area contributed by atoms with Crippen LogP contribution in [-0.2, 0) is 23.1 Å². The molecule has 1 unspecified atom stereocenters. The van der Waals surface area contributed by atoms with Crippen LogP contribution in [0.4, 0.5) is 0 Å². The van der Waals surface area contributed by atoms with E-state index in [4.69, 9.17) is 4.74 Å². The number of nitrogens with zero attached hydrogens (tertiary/aromatic N) is 3. The first-order valence-corrected chi connectivity index (χ1v) is 4.88. The van der Waals surface area contributed by atoms with E-state index in [-0.39, 0.29) is 12.0 Å². The molecule has 0 aliphatic rings. The van der Waals surface area contributed by atoms with E-state index in [0.29, 0.717) is 13.2 Å². The molecule has 0 radical (unpaired) electrons. The lowest BCUT2D eigenvalue weighted by molar-refractivity contribution is -0.145. The van der Waals surface area contributed by atoms with Gasteiger partial charge in [0, 0.05) is 7.05 Å². The number of hydrogen-bond acceptors (Lipinski definition) is 5.